The minimum atomic E-state index is -3.63. The minimum absolute atomic E-state index is 0.0102. The van der Waals surface area contributed by atoms with Gasteiger partial charge in [0.05, 0.1) is 4.90 Å². The molecule has 118 valence electrons. The van der Waals surface area contributed by atoms with E-state index in [0.29, 0.717) is 11.6 Å². The van der Waals surface area contributed by atoms with Gasteiger partial charge in [0.15, 0.2) is 0 Å². The van der Waals surface area contributed by atoms with Crippen LogP contribution in [0.1, 0.15) is 31.2 Å². The van der Waals surface area contributed by atoms with Crippen LogP contribution in [0.3, 0.4) is 0 Å². The van der Waals surface area contributed by atoms with Crippen molar-refractivity contribution < 1.29 is 12.8 Å². The van der Waals surface area contributed by atoms with Gasteiger partial charge in [-0.2, -0.15) is 4.31 Å². The summed E-state index contributed by atoms with van der Waals surface area (Å²) in [7, 11) is -0.103. The summed E-state index contributed by atoms with van der Waals surface area (Å²) in [5.41, 5.74) is 0.450. The molecule has 1 N–H and O–H groups in total. The fourth-order valence-corrected chi connectivity index (χ4v) is 4.25. The lowest BCUT2D eigenvalue weighted by Gasteiger charge is -2.33. The average Bonchev–Trinajstić information content (AvgIpc) is 2.49. The number of aryl methyl sites for hydroxylation is 1. The molecule has 6 heteroatoms. The number of halogens is 1. The van der Waals surface area contributed by atoms with E-state index < -0.39 is 15.8 Å². The predicted molar refractivity (Wildman–Crippen MR) is 81.2 cm³/mol. The van der Waals surface area contributed by atoms with E-state index in [2.05, 4.69) is 5.32 Å². The van der Waals surface area contributed by atoms with E-state index in [0.717, 1.165) is 31.7 Å². The normalized spacial score (nSPS) is 23.5. The van der Waals surface area contributed by atoms with Crippen LogP contribution >= 0.6 is 0 Å². The topological polar surface area (TPSA) is 49.4 Å². The second kappa shape index (κ2) is 6.42. The summed E-state index contributed by atoms with van der Waals surface area (Å²) in [5.74, 6) is -0.483. The van der Waals surface area contributed by atoms with Crippen molar-refractivity contribution in [1.82, 2.24) is 9.62 Å². The zero-order chi connectivity index (χ0) is 15.6. The van der Waals surface area contributed by atoms with Crippen molar-refractivity contribution in [3.05, 3.63) is 29.6 Å². The second-order valence-electron chi connectivity index (χ2n) is 5.73. The van der Waals surface area contributed by atoms with E-state index in [1.54, 1.807) is 14.0 Å². The number of hydrogen-bond acceptors (Lipinski definition) is 3. The van der Waals surface area contributed by atoms with Gasteiger partial charge in [-0.05, 0) is 57.4 Å². The molecule has 0 radical (unpaired) electrons. The Labute approximate surface area is 126 Å². The smallest absolute Gasteiger partial charge is 0.243 e. The molecule has 1 aliphatic carbocycles. The van der Waals surface area contributed by atoms with Gasteiger partial charge in [-0.1, -0.05) is 6.07 Å². The molecule has 1 saturated carbocycles. The molecule has 0 unspecified atom stereocenters. The van der Waals surface area contributed by atoms with E-state index in [9.17, 15) is 12.8 Å². The van der Waals surface area contributed by atoms with Crippen LogP contribution in [0.15, 0.2) is 23.1 Å². The van der Waals surface area contributed by atoms with Crippen molar-refractivity contribution in [2.24, 2.45) is 0 Å². The first-order chi connectivity index (χ1) is 9.86. The van der Waals surface area contributed by atoms with Gasteiger partial charge in [0.1, 0.15) is 5.82 Å². The van der Waals surface area contributed by atoms with Crippen LogP contribution in [0.5, 0.6) is 0 Å². The van der Waals surface area contributed by atoms with Gasteiger partial charge in [0.25, 0.3) is 0 Å². The van der Waals surface area contributed by atoms with Gasteiger partial charge in [0, 0.05) is 19.1 Å². The highest BCUT2D eigenvalue weighted by Gasteiger charge is 2.31. The number of nitrogens with zero attached hydrogens (tertiary/aromatic N) is 1. The zero-order valence-electron chi connectivity index (χ0n) is 12.8. The molecule has 0 bridgehead atoms. The summed E-state index contributed by atoms with van der Waals surface area (Å²) in [5, 5.41) is 3.23. The van der Waals surface area contributed by atoms with Crippen molar-refractivity contribution >= 4 is 10.0 Å². The third kappa shape index (κ3) is 3.44. The quantitative estimate of drug-likeness (QED) is 0.927. The lowest BCUT2D eigenvalue weighted by Crippen LogP contribution is -2.42. The maximum absolute atomic E-state index is 13.6. The van der Waals surface area contributed by atoms with Gasteiger partial charge < -0.3 is 5.32 Å². The molecule has 1 fully saturated rings. The van der Waals surface area contributed by atoms with Crippen LogP contribution in [-0.2, 0) is 10.0 Å². The Morgan fingerprint density at radius 3 is 2.38 bits per heavy atom. The summed E-state index contributed by atoms with van der Waals surface area (Å²) >= 11 is 0. The Morgan fingerprint density at radius 2 is 1.86 bits per heavy atom. The van der Waals surface area contributed by atoms with Gasteiger partial charge in [-0.3, -0.25) is 0 Å². The number of nitrogens with one attached hydrogen (secondary N) is 1. The van der Waals surface area contributed by atoms with Crippen molar-refractivity contribution in [1.29, 1.82) is 0 Å². The summed E-state index contributed by atoms with van der Waals surface area (Å²) < 4.78 is 40.2. The Kier molecular flexibility index (Phi) is 5.01. The molecule has 1 aromatic rings. The highest BCUT2D eigenvalue weighted by Crippen LogP contribution is 2.27. The standard InChI is InChI=1S/C15H23FN2O2S/c1-11-4-9-14(10-15(11)16)21(19,20)18(3)13-7-5-12(17-2)6-8-13/h4,9-10,12-13,17H,5-8H2,1-3H3. The first-order valence-corrected chi connectivity index (χ1v) is 8.71. The summed E-state index contributed by atoms with van der Waals surface area (Å²) in [4.78, 5) is 0.0313. The molecular formula is C15H23FN2O2S. The third-order valence-corrected chi connectivity index (χ3v) is 6.35. The molecule has 1 aliphatic rings. The maximum atomic E-state index is 13.6. The second-order valence-corrected chi connectivity index (χ2v) is 7.72. The molecule has 2 rings (SSSR count). The van der Waals surface area contributed by atoms with Gasteiger partial charge in [0.2, 0.25) is 10.0 Å². The zero-order valence-corrected chi connectivity index (χ0v) is 13.6. The first-order valence-electron chi connectivity index (χ1n) is 7.27. The van der Waals surface area contributed by atoms with E-state index in [-0.39, 0.29) is 10.9 Å². The van der Waals surface area contributed by atoms with Crippen LogP contribution in [-0.4, -0.2) is 38.9 Å². The highest BCUT2D eigenvalue weighted by molar-refractivity contribution is 7.89. The van der Waals surface area contributed by atoms with Crippen LogP contribution in [0, 0.1) is 12.7 Å². The van der Waals surface area contributed by atoms with Gasteiger partial charge in [-0.15, -0.1) is 0 Å². The number of hydrogen-bond donors (Lipinski definition) is 1. The average molecular weight is 314 g/mol. The molecule has 4 nitrogen and oxygen atoms in total. The number of benzene rings is 1. The highest BCUT2D eigenvalue weighted by atomic mass is 32.2. The van der Waals surface area contributed by atoms with Crippen LogP contribution in [0.2, 0.25) is 0 Å². The molecule has 0 heterocycles. The number of sulfonamides is 1. The molecule has 21 heavy (non-hydrogen) atoms. The van der Waals surface area contributed by atoms with E-state index in [4.69, 9.17) is 0 Å². The Balaban J connectivity index is 2.17. The molecule has 0 spiro atoms. The third-order valence-electron chi connectivity index (χ3n) is 4.44. The summed E-state index contributed by atoms with van der Waals surface area (Å²) in [6, 6.07) is 4.55. The minimum Gasteiger partial charge on any atom is -0.317 e. The Morgan fingerprint density at radius 1 is 1.24 bits per heavy atom. The first kappa shape index (κ1) is 16.4. The van der Waals surface area contributed by atoms with E-state index in [1.807, 2.05) is 7.05 Å². The van der Waals surface area contributed by atoms with E-state index in [1.165, 1.54) is 16.4 Å². The maximum Gasteiger partial charge on any atom is 0.243 e. The van der Waals surface area contributed by atoms with Crippen molar-refractivity contribution in [3.8, 4) is 0 Å². The fraction of sp³-hybridized carbons (Fsp3) is 0.600. The van der Waals surface area contributed by atoms with Gasteiger partial charge in [-0.25, -0.2) is 12.8 Å². The van der Waals surface area contributed by atoms with Crippen LogP contribution in [0.4, 0.5) is 4.39 Å². The monoisotopic (exact) mass is 314 g/mol. The molecule has 0 aliphatic heterocycles. The molecule has 0 amide bonds. The Hall–Kier alpha value is -0.980. The van der Waals surface area contributed by atoms with E-state index >= 15 is 0 Å². The van der Waals surface area contributed by atoms with Gasteiger partial charge >= 0.3 is 0 Å². The van der Waals surface area contributed by atoms with Crippen molar-refractivity contribution in [2.75, 3.05) is 14.1 Å². The predicted octanol–water partition coefficient (Wildman–Crippen LogP) is 2.29. The summed E-state index contributed by atoms with van der Waals surface area (Å²) in [6.45, 7) is 1.62. The molecule has 0 aromatic heterocycles. The molecular weight excluding hydrogens is 291 g/mol. The number of rotatable bonds is 4. The summed E-state index contributed by atoms with van der Waals surface area (Å²) in [6.07, 6.45) is 3.58. The van der Waals surface area contributed by atoms with Crippen LogP contribution in [0.25, 0.3) is 0 Å². The molecule has 0 saturated heterocycles. The molecule has 0 atom stereocenters. The van der Waals surface area contributed by atoms with Crippen molar-refractivity contribution in [2.45, 2.75) is 49.6 Å². The van der Waals surface area contributed by atoms with Crippen LogP contribution < -0.4 is 5.32 Å². The van der Waals surface area contributed by atoms with Crippen molar-refractivity contribution in [3.63, 3.8) is 0 Å². The lowest BCUT2D eigenvalue weighted by atomic mass is 9.91. The fourth-order valence-electron chi connectivity index (χ4n) is 2.82. The Bertz CT molecular complexity index is 596. The SMILES string of the molecule is CNC1CCC(N(C)S(=O)(=O)c2ccc(C)c(F)c2)CC1. The molecule has 1 aromatic carbocycles. The lowest BCUT2D eigenvalue weighted by molar-refractivity contribution is 0.255. The largest absolute Gasteiger partial charge is 0.317 e.